The van der Waals surface area contributed by atoms with E-state index in [1.807, 2.05) is 24.3 Å². The molecule has 0 unspecified atom stereocenters. The van der Waals surface area contributed by atoms with E-state index in [-0.39, 0.29) is 11.7 Å². The van der Waals surface area contributed by atoms with Crippen molar-refractivity contribution in [3.8, 4) is 5.75 Å². The Hall–Kier alpha value is -2.33. The van der Waals surface area contributed by atoms with Crippen LogP contribution in [0.1, 0.15) is 29.8 Å². The molecule has 0 aliphatic carbocycles. The monoisotopic (exact) mass is 284 g/mol. The van der Waals surface area contributed by atoms with Crippen molar-refractivity contribution < 1.29 is 9.90 Å². The molecule has 0 fully saturated rings. The Labute approximate surface area is 124 Å². The van der Waals surface area contributed by atoms with E-state index in [4.69, 9.17) is 0 Å². The number of phenolic OH excluding ortho intramolecular Hbond substituents is 1. The first-order valence-electron chi connectivity index (χ1n) is 6.97. The molecule has 2 aromatic carbocycles. The number of aromatic hydroxyl groups is 1. The SMILES string of the molecule is CC(C)NCc1cccc(NC(=O)c2ccc(O)cc2)c1. The van der Waals surface area contributed by atoms with Gasteiger partial charge in [-0.25, -0.2) is 0 Å². The topological polar surface area (TPSA) is 61.4 Å². The zero-order valence-electron chi connectivity index (χ0n) is 12.3. The molecule has 0 bridgehead atoms. The third-order valence-electron chi connectivity index (χ3n) is 3.03. The van der Waals surface area contributed by atoms with E-state index in [0.29, 0.717) is 11.6 Å². The Kier molecular flexibility index (Phi) is 4.95. The van der Waals surface area contributed by atoms with E-state index in [2.05, 4.69) is 24.5 Å². The number of phenols is 1. The summed E-state index contributed by atoms with van der Waals surface area (Å²) in [5.41, 5.74) is 2.39. The number of carbonyl (C=O) groups excluding carboxylic acids is 1. The van der Waals surface area contributed by atoms with Gasteiger partial charge in [-0.05, 0) is 42.0 Å². The molecular weight excluding hydrogens is 264 g/mol. The van der Waals surface area contributed by atoms with E-state index < -0.39 is 0 Å². The minimum Gasteiger partial charge on any atom is -0.508 e. The maximum Gasteiger partial charge on any atom is 0.255 e. The lowest BCUT2D eigenvalue weighted by molar-refractivity contribution is 0.102. The van der Waals surface area contributed by atoms with Crippen molar-refractivity contribution in [2.45, 2.75) is 26.4 Å². The van der Waals surface area contributed by atoms with E-state index in [0.717, 1.165) is 17.8 Å². The van der Waals surface area contributed by atoms with Crippen LogP contribution in [-0.2, 0) is 6.54 Å². The second kappa shape index (κ2) is 6.90. The molecule has 0 saturated carbocycles. The van der Waals surface area contributed by atoms with Gasteiger partial charge in [-0.3, -0.25) is 4.79 Å². The van der Waals surface area contributed by atoms with Crippen molar-refractivity contribution in [3.05, 3.63) is 59.7 Å². The first-order valence-corrected chi connectivity index (χ1v) is 6.97. The van der Waals surface area contributed by atoms with Crippen molar-refractivity contribution in [2.75, 3.05) is 5.32 Å². The van der Waals surface area contributed by atoms with Crippen molar-refractivity contribution in [1.29, 1.82) is 0 Å². The summed E-state index contributed by atoms with van der Waals surface area (Å²) in [6.07, 6.45) is 0. The van der Waals surface area contributed by atoms with Gasteiger partial charge in [-0.15, -0.1) is 0 Å². The van der Waals surface area contributed by atoms with Gasteiger partial charge in [0.1, 0.15) is 5.75 Å². The molecule has 0 aromatic heterocycles. The lowest BCUT2D eigenvalue weighted by atomic mass is 10.1. The first kappa shape index (κ1) is 15.1. The Bertz CT molecular complexity index is 606. The Morgan fingerprint density at radius 2 is 1.86 bits per heavy atom. The Morgan fingerprint density at radius 1 is 1.14 bits per heavy atom. The van der Waals surface area contributed by atoms with Crippen LogP contribution in [0, 0.1) is 0 Å². The largest absolute Gasteiger partial charge is 0.508 e. The van der Waals surface area contributed by atoms with Crippen LogP contribution >= 0.6 is 0 Å². The highest BCUT2D eigenvalue weighted by Gasteiger charge is 2.06. The second-order valence-corrected chi connectivity index (χ2v) is 5.24. The highest BCUT2D eigenvalue weighted by atomic mass is 16.3. The number of carbonyl (C=O) groups is 1. The lowest BCUT2D eigenvalue weighted by Gasteiger charge is -2.10. The van der Waals surface area contributed by atoms with Gasteiger partial charge in [0.15, 0.2) is 0 Å². The lowest BCUT2D eigenvalue weighted by Crippen LogP contribution is -2.21. The molecule has 0 spiro atoms. The smallest absolute Gasteiger partial charge is 0.255 e. The molecule has 21 heavy (non-hydrogen) atoms. The molecule has 0 atom stereocenters. The number of hydrogen-bond acceptors (Lipinski definition) is 3. The average Bonchev–Trinajstić information content (AvgIpc) is 2.46. The van der Waals surface area contributed by atoms with Gasteiger partial charge in [-0.1, -0.05) is 26.0 Å². The fourth-order valence-corrected chi connectivity index (χ4v) is 1.90. The van der Waals surface area contributed by atoms with Crippen LogP contribution in [0.5, 0.6) is 5.75 Å². The number of hydrogen-bond donors (Lipinski definition) is 3. The van der Waals surface area contributed by atoms with Gasteiger partial charge in [0.2, 0.25) is 0 Å². The highest BCUT2D eigenvalue weighted by Crippen LogP contribution is 2.14. The van der Waals surface area contributed by atoms with Crippen molar-refractivity contribution in [1.82, 2.24) is 5.32 Å². The maximum atomic E-state index is 12.1. The zero-order valence-corrected chi connectivity index (χ0v) is 12.3. The van der Waals surface area contributed by atoms with Crippen LogP contribution in [0.2, 0.25) is 0 Å². The summed E-state index contributed by atoms with van der Waals surface area (Å²) in [6, 6.07) is 14.3. The van der Waals surface area contributed by atoms with Gasteiger partial charge in [0.05, 0.1) is 0 Å². The van der Waals surface area contributed by atoms with Gasteiger partial charge in [0, 0.05) is 23.8 Å². The van der Waals surface area contributed by atoms with Crippen LogP contribution in [-0.4, -0.2) is 17.1 Å². The molecule has 0 aliphatic rings. The summed E-state index contributed by atoms with van der Waals surface area (Å²) < 4.78 is 0. The molecule has 0 saturated heterocycles. The van der Waals surface area contributed by atoms with Gasteiger partial charge < -0.3 is 15.7 Å². The maximum absolute atomic E-state index is 12.1. The minimum absolute atomic E-state index is 0.147. The van der Waals surface area contributed by atoms with Crippen LogP contribution in [0.25, 0.3) is 0 Å². The molecule has 2 aromatic rings. The van der Waals surface area contributed by atoms with Crippen molar-refractivity contribution in [2.24, 2.45) is 0 Å². The summed E-state index contributed by atoms with van der Waals surface area (Å²) in [5, 5.41) is 15.4. The Morgan fingerprint density at radius 3 is 2.52 bits per heavy atom. The summed E-state index contributed by atoms with van der Waals surface area (Å²) in [6.45, 7) is 4.95. The quantitative estimate of drug-likeness (QED) is 0.790. The molecular formula is C17H20N2O2. The average molecular weight is 284 g/mol. The van der Waals surface area contributed by atoms with E-state index in [1.165, 1.54) is 12.1 Å². The Balaban J connectivity index is 2.03. The van der Waals surface area contributed by atoms with E-state index >= 15 is 0 Å². The van der Waals surface area contributed by atoms with Crippen LogP contribution in [0.3, 0.4) is 0 Å². The second-order valence-electron chi connectivity index (χ2n) is 5.24. The summed E-state index contributed by atoms with van der Waals surface area (Å²) >= 11 is 0. The molecule has 1 amide bonds. The first-order chi connectivity index (χ1) is 10.0. The molecule has 3 N–H and O–H groups in total. The summed E-state index contributed by atoms with van der Waals surface area (Å²) in [7, 11) is 0. The third-order valence-corrected chi connectivity index (χ3v) is 3.03. The van der Waals surface area contributed by atoms with Crippen LogP contribution < -0.4 is 10.6 Å². The normalized spacial score (nSPS) is 10.6. The van der Waals surface area contributed by atoms with Gasteiger partial charge >= 0.3 is 0 Å². The van der Waals surface area contributed by atoms with Crippen LogP contribution in [0.15, 0.2) is 48.5 Å². The number of nitrogens with one attached hydrogen (secondary N) is 2. The molecule has 0 aliphatic heterocycles. The molecule has 110 valence electrons. The predicted octanol–water partition coefficient (Wildman–Crippen LogP) is 3.14. The fourth-order valence-electron chi connectivity index (χ4n) is 1.90. The zero-order chi connectivity index (χ0) is 15.2. The number of benzene rings is 2. The molecule has 2 rings (SSSR count). The standard InChI is InChI=1S/C17H20N2O2/c1-12(2)18-11-13-4-3-5-15(10-13)19-17(21)14-6-8-16(20)9-7-14/h3-10,12,18,20H,11H2,1-2H3,(H,19,21). The molecule has 4 nitrogen and oxygen atoms in total. The van der Waals surface area contributed by atoms with E-state index in [9.17, 15) is 9.90 Å². The fraction of sp³-hybridized carbons (Fsp3) is 0.235. The number of anilines is 1. The van der Waals surface area contributed by atoms with Gasteiger partial charge in [0.25, 0.3) is 5.91 Å². The predicted molar refractivity (Wildman–Crippen MR) is 84.5 cm³/mol. The molecule has 0 radical (unpaired) electrons. The van der Waals surface area contributed by atoms with E-state index in [1.54, 1.807) is 12.1 Å². The number of rotatable bonds is 5. The highest BCUT2D eigenvalue weighted by molar-refractivity contribution is 6.04. The molecule has 4 heteroatoms. The summed E-state index contributed by atoms with van der Waals surface area (Å²) in [4.78, 5) is 12.1. The third kappa shape index (κ3) is 4.61. The summed E-state index contributed by atoms with van der Waals surface area (Å²) in [5.74, 6) is -0.0442. The molecule has 0 heterocycles. The van der Waals surface area contributed by atoms with Crippen molar-refractivity contribution in [3.63, 3.8) is 0 Å². The number of amides is 1. The van der Waals surface area contributed by atoms with Crippen molar-refractivity contribution >= 4 is 11.6 Å². The van der Waals surface area contributed by atoms with Crippen LogP contribution in [0.4, 0.5) is 5.69 Å². The van der Waals surface area contributed by atoms with Gasteiger partial charge in [-0.2, -0.15) is 0 Å². The minimum atomic E-state index is -0.191.